The van der Waals surface area contributed by atoms with Crippen molar-refractivity contribution in [3.05, 3.63) is 30.1 Å². The van der Waals surface area contributed by atoms with E-state index in [9.17, 15) is 0 Å². The molecule has 0 radical (unpaired) electrons. The lowest BCUT2D eigenvalue weighted by Crippen LogP contribution is -1.93. The Labute approximate surface area is 66.0 Å². The fourth-order valence-electron chi connectivity index (χ4n) is 0.757. The molecule has 10 heavy (non-hydrogen) atoms. The first-order valence-electron chi connectivity index (χ1n) is 3.30. The molecule has 1 aromatic rings. The van der Waals surface area contributed by atoms with Crippen LogP contribution >= 0.6 is 11.6 Å². The zero-order chi connectivity index (χ0) is 7.40. The van der Waals surface area contributed by atoms with Crippen LogP contribution in [0.2, 0.25) is 0 Å². The summed E-state index contributed by atoms with van der Waals surface area (Å²) in [5, 5.41) is 0. The molecule has 0 amide bonds. The molecular formula is C8H10ClN. The summed E-state index contributed by atoms with van der Waals surface area (Å²) >= 11 is 5.66. The fraction of sp³-hybridized carbons (Fsp3) is 0.375. The minimum absolute atomic E-state index is 0.412. The monoisotopic (exact) mass is 155 g/mol. The summed E-state index contributed by atoms with van der Waals surface area (Å²) < 4.78 is 0. The first kappa shape index (κ1) is 7.55. The van der Waals surface area contributed by atoms with Gasteiger partial charge in [-0.15, -0.1) is 11.6 Å². The number of aromatic nitrogens is 1. The van der Waals surface area contributed by atoms with Gasteiger partial charge in [-0.3, -0.25) is 4.98 Å². The Bertz CT molecular complexity index is 186. The molecule has 1 rings (SSSR count). The number of hydrogen-bond donors (Lipinski definition) is 0. The molecule has 0 unspecified atom stereocenters. The van der Waals surface area contributed by atoms with Gasteiger partial charge >= 0.3 is 0 Å². The number of hydrogen-bond acceptors (Lipinski definition) is 1. The predicted octanol–water partition coefficient (Wildman–Crippen LogP) is 2.42. The van der Waals surface area contributed by atoms with Crippen molar-refractivity contribution in [1.82, 2.24) is 4.98 Å². The van der Waals surface area contributed by atoms with E-state index >= 15 is 0 Å². The van der Waals surface area contributed by atoms with Gasteiger partial charge in [0, 0.05) is 18.3 Å². The van der Waals surface area contributed by atoms with Crippen LogP contribution in [0.5, 0.6) is 0 Å². The highest BCUT2D eigenvalue weighted by Gasteiger charge is 2.01. The van der Waals surface area contributed by atoms with Crippen LogP contribution in [-0.2, 0) is 0 Å². The van der Waals surface area contributed by atoms with Gasteiger partial charge < -0.3 is 0 Å². The highest BCUT2D eigenvalue weighted by molar-refractivity contribution is 6.18. The van der Waals surface area contributed by atoms with E-state index in [2.05, 4.69) is 11.9 Å². The molecule has 0 saturated carbocycles. The Morgan fingerprint density at radius 2 is 2.50 bits per heavy atom. The first-order valence-corrected chi connectivity index (χ1v) is 3.84. The zero-order valence-electron chi connectivity index (χ0n) is 5.92. The minimum atomic E-state index is 0.412. The van der Waals surface area contributed by atoms with E-state index in [0.717, 1.165) is 0 Å². The van der Waals surface area contributed by atoms with Crippen molar-refractivity contribution in [2.45, 2.75) is 12.8 Å². The van der Waals surface area contributed by atoms with Gasteiger partial charge in [0.1, 0.15) is 0 Å². The van der Waals surface area contributed by atoms with Crippen molar-refractivity contribution >= 4 is 11.6 Å². The standard InChI is InChI=1S/C8H10ClN/c1-7(5-9)8-3-2-4-10-6-8/h2-4,6-7H,5H2,1H3/t7-/m0/s1. The molecule has 0 aliphatic rings. The quantitative estimate of drug-likeness (QED) is 0.598. The van der Waals surface area contributed by atoms with Gasteiger partial charge in [0.25, 0.3) is 0 Å². The number of nitrogens with zero attached hydrogens (tertiary/aromatic N) is 1. The zero-order valence-corrected chi connectivity index (χ0v) is 6.67. The molecule has 1 aromatic heterocycles. The van der Waals surface area contributed by atoms with Gasteiger partial charge in [-0.05, 0) is 17.5 Å². The Morgan fingerprint density at radius 1 is 1.70 bits per heavy atom. The van der Waals surface area contributed by atoms with E-state index in [0.29, 0.717) is 11.8 Å². The second kappa shape index (κ2) is 3.57. The van der Waals surface area contributed by atoms with Gasteiger partial charge in [-0.25, -0.2) is 0 Å². The molecule has 1 atom stereocenters. The smallest absolute Gasteiger partial charge is 0.0303 e. The van der Waals surface area contributed by atoms with Crippen LogP contribution in [0.15, 0.2) is 24.5 Å². The average Bonchev–Trinajstić information content (AvgIpc) is 2.05. The number of alkyl halides is 1. The highest BCUT2D eigenvalue weighted by atomic mass is 35.5. The number of pyridine rings is 1. The predicted molar refractivity (Wildman–Crippen MR) is 43.4 cm³/mol. The van der Waals surface area contributed by atoms with Crippen molar-refractivity contribution in [2.24, 2.45) is 0 Å². The third-order valence-corrected chi connectivity index (χ3v) is 1.95. The minimum Gasteiger partial charge on any atom is -0.264 e. The van der Waals surface area contributed by atoms with Gasteiger partial charge in [0.05, 0.1) is 0 Å². The van der Waals surface area contributed by atoms with Crippen LogP contribution in [-0.4, -0.2) is 10.9 Å². The maximum Gasteiger partial charge on any atom is 0.0303 e. The Kier molecular flexibility index (Phi) is 2.69. The van der Waals surface area contributed by atoms with Crippen LogP contribution in [0.3, 0.4) is 0 Å². The van der Waals surface area contributed by atoms with Crippen LogP contribution in [0.4, 0.5) is 0 Å². The summed E-state index contributed by atoms with van der Waals surface area (Å²) in [6, 6.07) is 3.97. The summed E-state index contributed by atoms with van der Waals surface area (Å²) in [5.41, 5.74) is 1.21. The van der Waals surface area contributed by atoms with E-state index in [1.165, 1.54) is 5.56 Å². The van der Waals surface area contributed by atoms with Crippen LogP contribution in [0, 0.1) is 0 Å². The van der Waals surface area contributed by atoms with Crippen molar-refractivity contribution in [3.63, 3.8) is 0 Å². The summed E-state index contributed by atoms with van der Waals surface area (Å²) in [6.07, 6.45) is 3.62. The molecule has 0 bridgehead atoms. The highest BCUT2D eigenvalue weighted by Crippen LogP contribution is 2.13. The molecule has 1 heterocycles. The maximum atomic E-state index is 5.66. The molecule has 0 fully saturated rings. The molecule has 54 valence electrons. The van der Waals surface area contributed by atoms with E-state index in [4.69, 9.17) is 11.6 Å². The lowest BCUT2D eigenvalue weighted by molar-refractivity contribution is 0.866. The van der Waals surface area contributed by atoms with E-state index < -0.39 is 0 Å². The normalized spacial score (nSPS) is 13.0. The molecule has 0 N–H and O–H groups in total. The van der Waals surface area contributed by atoms with Gasteiger partial charge in [-0.1, -0.05) is 13.0 Å². The first-order chi connectivity index (χ1) is 4.84. The molecule has 1 nitrogen and oxygen atoms in total. The average molecular weight is 156 g/mol. The molecule has 0 aromatic carbocycles. The topological polar surface area (TPSA) is 12.9 Å². The van der Waals surface area contributed by atoms with Crippen molar-refractivity contribution in [3.8, 4) is 0 Å². The van der Waals surface area contributed by atoms with E-state index in [-0.39, 0.29) is 0 Å². The second-order valence-electron chi connectivity index (χ2n) is 2.34. The van der Waals surface area contributed by atoms with Gasteiger partial charge in [0.15, 0.2) is 0 Å². The Morgan fingerprint density at radius 3 is 3.00 bits per heavy atom. The molecule has 2 heteroatoms. The summed E-state index contributed by atoms with van der Waals surface area (Å²) in [7, 11) is 0. The van der Waals surface area contributed by atoms with Crippen LogP contribution in [0.25, 0.3) is 0 Å². The maximum absolute atomic E-state index is 5.66. The Hall–Kier alpha value is -0.560. The number of rotatable bonds is 2. The van der Waals surface area contributed by atoms with Gasteiger partial charge in [-0.2, -0.15) is 0 Å². The molecular weight excluding hydrogens is 146 g/mol. The largest absolute Gasteiger partial charge is 0.264 e. The molecule has 0 aliphatic heterocycles. The van der Waals surface area contributed by atoms with E-state index in [1.807, 2.05) is 18.3 Å². The van der Waals surface area contributed by atoms with Crippen LogP contribution in [0.1, 0.15) is 18.4 Å². The third kappa shape index (κ3) is 1.71. The summed E-state index contributed by atoms with van der Waals surface area (Å²) in [5.74, 6) is 1.07. The van der Waals surface area contributed by atoms with Crippen molar-refractivity contribution < 1.29 is 0 Å². The Balaban J connectivity index is 2.75. The second-order valence-corrected chi connectivity index (χ2v) is 2.65. The SMILES string of the molecule is C[C@@H](CCl)c1cccnc1. The fourth-order valence-corrected chi connectivity index (χ4v) is 0.935. The molecule has 0 aliphatic carbocycles. The summed E-state index contributed by atoms with van der Waals surface area (Å²) in [4.78, 5) is 4.00. The number of halogens is 1. The van der Waals surface area contributed by atoms with Gasteiger partial charge in [0.2, 0.25) is 0 Å². The van der Waals surface area contributed by atoms with Crippen molar-refractivity contribution in [2.75, 3.05) is 5.88 Å². The molecule has 0 spiro atoms. The molecule has 0 saturated heterocycles. The van der Waals surface area contributed by atoms with Crippen LogP contribution < -0.4 is 0 Å². The van der Waals surface area contributed by atoms with E-state index in [1.54, 1.807) is 6.20 Å². The van der Waals surface area contributed by atoms with Crippen molar-refractivity contribution in [1.29, 1.82) is 0 Å². The lowest BCUT2D eigenvalue weighted by Gasteiger charge is -2.04. The third-order valence-electron chi connectivity index (χ3n) is 1.48. The summed E-state index contributed by atoms with van der Waals surface area (Å²) in [6.45, 7) is 2.09. The lowest BCUT2D eigenvalue weighted by atomic mass is 10.1.